The second-order valence-electron chi connectivity index (χ2n) is 6.14. The fraction of sp³-hybridized carbons (Fsp3) is 0.938. The van der Waals surface area contributed by atoms with Gasteiger partial charge in [0.2, 0.25) is 5.91 Å². The molecule has 1 aliphatic heterocycles. The summed E-state index contributed by atoms with van der Waals surface area (Å²) in [6.45, 7) is 8.24. The first-order valence-electron chi connectivity index (χ1n) is 8.17. The molecule has 2 unspecified atom stereocenters. The average Bonchev–Trinajstić information content (AvgIpc) is 2.73. The van der Waals surface area contributed by atoms with E-state index in [9.17, 15) is 4.79 Å². The number of carbonyl (C=O) groups is 1. The second-order valence-corrected chi connectivity index (χ2v) is 6.14. The summed E-state index contributed by atoms with van der Waals surface area (Å²) in [5, 5.41) is 3.53. The van der Waals surface area contributed by atoms with Gasteiger partial charge in [0.1, 0.15) is 0 Å². The smallest absolute Gasteiger partial charge is 0.241 e. The van der Waals surface area contributed by atoms with Crippen LogP contribution < -0.4 is 5.32 Å². The number of rotatable bonds is 10. The van der Waals surface area contributed by atoms with Gasteiger partial charge in [0.15, 0.2) is 0 Å². The first-order chi connectivity index (χ1) is 9.61. The Morgan fingerprint density at radius 3 is 2.60 bits per heavy atom. The topological polar surface area (TPSA) is 41.6 Å². The average molecular weight is 284 g/mol. The number of unbranched alkanes of at least 4 members (excludes halogenated alkanes) is 3. The number of hydrogen-bond acceptors (Lipinski definition) is 3. The van der Waals surface area contributed by atoms with Crippen LogP contribution in [-0.4, -0.2) is 43.3 Å². The molecule has 0 aromatic rings. The summed E-state index contributed by atoms with van der Waals surface area (Å²) < 4.78 is 5.06. The second kappa shape index (κ2) is 9.35. The number of ether oxygens (including phenoxy) is 1. The molecule has 118 valence electrons. The van der Waals surface area contributed by atoms with E-state index in [1.165, 1.54) is 0 Å². The van der Waals surface area contributed by atoms with Crippen LogP contribution in [0.25, 0.3) is 0 Å². The largest absolute Gasteiger partial charge is 0.385 e. The molecule has 0 aromatic heterocycles. The summed E-state index contributed by atoms with van der Waals surface area (Å²) in [6, 6.07) is 0.0429. The summed E-state index contributed by atoms with van der Waals surface area (Å²) >= 11 is 0. The third-order valence-corrected chi connectivity index (χ3v) is 4.01. The van der Waals surface area contributed by atoms with Crippen LogP contribution in [0.3, 0.4) is 0 Å². The Hall–Kier alpha value is -0.610. The van der Waals surface area contributed by atoms with Gasteiger partial charge in [0.05, 0.1) is 12.2 Å². The minimum absolute atomic E-state index is 0.0429. The number of amides is 1. The van der Waals surface area contributed by atoms with Crippen LogP contribution in [0.5, 0.6) is 0 Å². The van der Waals surface area contributed by atoms with E-state index in [0.717, 1.165) is 51.7 Å². The van der Waals surface area contributed by atoms with E-state index in [-0.39, 0.29) is 12.2 Å². The molecule has 0 radical (unpaired) electrons. The zero-order valence-electron chi connectivity index (χ0n) is 13.7. The molecule has 1 heterocycles. The third-order valence-electron chi connectivity index (χ3n) is 4.01. The Bertz CT molecular complexity index is 282. The summed E-state index contributed by atoms with van der Waals surface area (Å²) in [5.41, 5.74) is 0. The molecule has 0 bridgehead atoms. The molecule has 1 amide bonds. The van der Waals surface area contributed by atoms with Crippen LogP contribution in [0.2, 0.25) is 0 Å². The van der Waals surface area contributed by atoms with Gasteiger partial charge in [-0.25, -0.2) is 0 Å². The van der Waals surface area contributed by atoms with Crippen molar-refractivity contribution < 1.29 is 9.53 Å². The van der Waals surface area contributed by atoms with E-state index in [1.807, 2.05) is 0 Å². The van der Waals surface area contributed by atoms with Crippen LogP contribution in [0.4, 0.5) is 0 Å². The first kappa shape index (κ1) is 17.4. The van der Waals surface area contributed by atoms with Crippen molar-refractivity contribution in [1.29, 1.82) is 0 Å². The predicted molar refractivity (Wildman–Crippen MR) is 82.5 cm³/mol. The first-order valence-corrected chi connectivity index (χ1v) is 8.17. The third kappa shape index (κ3) is 5.06. The van der Waals surface area contributed by atoms with Gasteiger partial charge < -0.3 is 9.64 Å². The Morgan fingerprint density at radius 2 is 2.00 bits per heavy atom. The van der Waals surface area contributed by atoms with Crippen LogP contribution in [0.1, 0.15) is 59.3 Å². The normalized spacial score (nSPS) is 23.1. The fourth-order valence-corrected chi connectivity index (χ4v) is 2.83. The highest BCUT2D eigenvalue weighted by Gasteiger charge is 2.38. The van der Waals surface area contributed by atoms with Crippen molar-refractivity contribution in [1.82, 2.24) is 10.2 Å². The zero-order valence-corrected chi connectivity index (χ0v) is 13.7. The van der Waals surface area contributed by atoms with Crippen LogP contribution >= 0.6 is 0 Å². The standard InChI is InChI=1S/C16H32N2O2/c1-5-6-10-14-16(19)18(15(17-14)13(2)3)11-8-7-9-12-20-4/h13-15,17H,5-12H2,1-4H3. The highest BCUT2D eigenvalue weighted by molar-refractivity contribution is 5.84. The molecule has 0 aliphatic carbocycles. The van der Waals surface area contributed by atoms with E-state index in [0.29, 0.717) is 11.8 Å². The van der Waals surface area contributed by atoms with Gasteiger partial charge in [0.25, 0.3) is 0 Å². The minimum Gasteiger partial charge on any atom is -0.385 e. The lowest BCUT2D eigenvalue weighted by Crippen LogP contribution is -2.42. The lowest BCUT2D eigenvalue weighted by molar-refractivity contribution is -0.130. The van der Waals surface area contributed by atoms with Gasteiger partial charge in [-0.3, -0.25) is 10.1 Å². The van der Waals surface area contributed by atoms with Gasteiger partial charge in [-0.05, 0) is 31.6 Å². The molecule has 0 spiro atoms. The molecule has 1 aliphatic rings. The Labute approximate surface area is 124 Å². The SMILES string of the molecule is CCCCC1NC(C(C)C)N(CCCCCOC)C1=O. The molecule has 20 heavy (non-hydrogen) atoms. The quantitative estimate of drug-likeness (QED) is 0.627. The highest BCUT2D eigenvalue weighted by Crippen LogP contribution is 2.21. The van der Waals surface area contributed by atoms with E-state index >= 15 is 0 Å². The number of hydrogen-bond donors (Lipinski definition) is 1. The molecule has 4 nitrogen and oxygen atoms in total. The van der Waals surface area contributed by atoms with Crippen molar-refractivity contribution in [3.63, 3.8) is 0 Å². The molecule has 0 aromatic carbocycles. The highest BCUT2D eigenvalue weighted by atomic mass is 16.5. The lowest BCUT2D eigenvalue weighted by atomic mass is 10.1. The molecule has 1 fully saturated rings. The summed E-state index contributed by atoms with van der Waals surface area (Å²) in [7, 11) is 1.74. The van der Waals surface area contributed by atoms with Gasteiger partial charge >= 0.3 is 0 Å². The summed E-state index contributed by atoms with van der Waals surface area (Å²) in [6.07, 6.45) is 6.73. The maximum Gasteiger partial charge on any atom is 0.241 e. The van der Waals surface area contributed by atoms with Gasteiger partial charge in [-0.15, -0.1) is 0 Å². The Balaban J connectivity index is 2.45. The molecule has 1 saturated heterocycles. The molecule has 4 heteroatoms. The van der Waals surface area contributed by atoms with Crippen molar-refractivity contribution in [3.05, 3.63) is 0 Å². The molecule has 0 saturated carbocycles. The van der Waals surface area contributed by atoms with Crippen molar-refractivity contribution >= 4 is 5.91 Å². The van der Waals surface area contributed by atoms with E-state index < -0.39 is 0 Å². The number of nitrogens with zero attached hydrogens (tertiary/aromatic N) is 1. The number of carbonyl (C=O) groups excluding carboxylic acids is 1. The van der Waals surface area contributed by atoms with Crippen molar-refractivity contribution in [2.24, 2.45) is 5.92 Å². The van der Waals surface area contributed by atoms with Crippen LogP contribution in [-0.2, 0) is 9.53 Å². The van der Waals surface area contributed by atoms with Gasteiger partial charge in [-0.2, -0.15) is 0 Å². The van der Waals surface area contributed by atoms with E-state index in [1.54, 1.807) is 7.11 Å². The van der Waals surface area contributed by atoms with Crippen molar-refractivity contribution in [2.75, 3.05) is 20.3 Å². The molecule has 1 N–H and O–H groups in total. The zero-order chi connectivity index (χ0) is 15.0. The predicted octanol–water partition coefficient (Wildman–Crippen LogP) is 2.78. The molecular weight excluding hydrogens is 252 g/mol. The maximum absolute atomic E-state index is 12.5. The Morgan fingerprint density at radius 1 is 1.25 bits per heavy atom. The monoisotopic (exact) mass is 284 g/mol. The van der Waals surface area contributed by atoms with Crippen LogP contribution in [0, 0.1) is 5.92 Å². The minimum atomic E-state index is 0.0429. The van der Waals surface area contributed by atoms with Gasteiger partial charge in [0, 0.05) is 20.3 Å². The van der Waals surface area contributed by atoms with E-state index in [2.05, 4.69) is 31.0 Å². The fourth-order valence-electron chi connectivity index (χ4n) is 2.83. The lowest BCUT2D eigenvalue weighted by Gasteiger charge is -2.27. The molecule has 2 atom stereocenters. The van der Waals surface area contributed by atoms with E-state index in [4.69, 9.17) is 4.74 Å². The van der Waals surface area contributed by atoms with Crippen molar-refractivity contribution in [2.45, 2.75) is 71.5 Å². The molecule has 1 rings (SSSR count). The van der Waals surface area contributed by atoms with Gasteiger partial charge in [-0.1, -0.05) is 33.6 Å². The maximum atomic E-state index is 12.5. The Kier molecular flexibility index (Phi) is 8.15. The summed E-state index contributed by atoms with van der Waals surface area (Å²) in [5.74, 6) is 0.772. The van der Waals surface area contributed by atoms with Crippen LogP contribution in [0.15, 0.2) is 0 Å². The summed E-state index contributed by atoms with van der Waals surface area (Å²) in [4.78, 5) is 14.6. The number of nitrogens with one attached hydrogen (secondary N) is 1. The van der Waals surface area contributed by atoms with Crippen molar-refractivity contribution in [3.8, 4) is 0 Å². The number of methoxy groups -OCH3 is 1. The molecular formula is C16H32N2O2.